The van der Waals surface area contributed by atoms with Crippen LogP contribution in [0.2, 0.25) is 0 Å². The van der Waals surface area contributed by atoms with Crippen LogP contribution in [0, 0.1) is 0 Å². The first-order valence-corrected chi connectivity index (χ1v) is 3.41. The van der Waals surface area contributed by atoms with Gasteiger partial charge in [0.2, 0.25) is 0 Å². The molecule has 0 aromatic rings. The molecule has 0 heterocycles. The van der Waals surface area contributed by atoms with Crippen molar-refractivity contribution in [3.8, 4) is 0 Å². The average Bonchev–Trinajstić information content (AvgIpc) is 1.71. The van der Waals surface area contributed by atoms with Gasteiger partial charge >= 0.3 is 0 Å². The summed E-state index contributed by atoms with van der Waals surface area (Å²) in [5.74, 6) is -0.201. The van der Waals surface area contributed by atoms with E-state index >= 15 is 0 Å². The van der Waals surface area contributed by atoms with Gasteiger partial charge in [0.05, 0.1) is 5.75 Å². The third-order valence-corrected chi connectivity index (χ3v) is 1.09. The van der Waals surface area contributed by atoms with Crippen molar-refractivity contribution in [2.45, 2.75) is 6.92 Å². The van der Waals surface area contributed by atoms with E-state index in [9.17, 15) is 8.42 Å². The fourth-order valence-electron chi connectivity index (χ4n) is 0. The molecule has 0 atom stereocenters. The van der Waals surface area contributed by atoms with Gasteiger partial charge in [-0.25, -0.2) is 0 Å². The Balaban J connectivity index is 0. The molecular formula is C3H8O4S. The standard InChI is InChI=1S/C2H6O3S.CH2O/c1-2-6(3,4)5;1-2/h2H2,1H3,(H,3,4,5);1H2. The summed E-state index contributed by atoms with van der Waals surface area (Å²) >= 11 is 0. The van der Waals surface area contributed by atoms with Gasteiger partial charge in [-0.1, -0.05) is 0 Å². The van der Waals surface area contributed by atoms with Crippen molar-refractivity contribution < 1.29 is 17.8 Å². The van der Waals surface area contributed by atoms with Gasteiger partial charge in [-0.05, 0) is 6.92 Å². The summed E-state index contributed by atoms with van der Waals surface area (Å²) in [7, 11) is -3.66. The quantitative estimate of drug-likeness (QED) is 0.508. The first-order valence-electron chi connectivity index (χ1n) is 1.80. The van der Waals surface area contributed by atoms with Crippen molar-refractivity contribution in [1.82, 2.24) is 0 Å². The molecule has 0 amide bonds. The molecule has 50 valence electrons. The number of hydrogen-bond acceptors (Lipinski definition) is 3. The van der Waals surface area contributed by atoms with Gasteiger partial charge in [0.15, 0.2) is 0 Å². The van der Waals surface area contributed by atoms with Gasteiger partial charge in [0.1, 0.15) is 6.79 Å². The zero-order chi connectivity index (χ0) is 7.21. The van der Waals surface area contributed by atoms with E-state index in [-0.39, 0.29) is 5.75 Å². The molecular weight excluding hydrogens is 132 g/mol. The van der Waals surface area contributed by atoms with Crippen LogP contribution in [-0.2, 0) is 14.9 Å². The summed E-state index contributed by atoms with van der Waals surface area (Å²) in [6.45, 7) is 3.37. The van der Waals surface area contributed by atoms with E-state index in [1.54, 1.807) is 0 Å². The van der Waals surface area contributed by atoms with Crippen LogP contribution in [0.25, 0.3) is 0 Å². The van der Waals surface area contributed by atoms with Crippen LogP contribution >= 0.6 is 0 Å². The van der Waals surface area contributed by atoms with Crippen LogP contribution in [-0.4, -0.2) is 25.5 Å². The number of rotatable bonds is 1. The fraction of sp³-hybridized carbons (Fsp3) is 0.667. The van der Waals surface area contributed by atoms with Crippen molar-refractivity contribution in [2.24, 2.45) is 0 Å². The summed E-state index contributed by atoms with van der Waals surface area (Å²) in [6.07, 6.45) is 0. The molecule has 0 rings (SSSR count). The van der Waals surface area contributed by atoms with E-state index in [1.165, 1.54) is 6.92 Å². The van der Waals surface area contributed by atoms with E-state index in [0.29, 0.717) is 0 Å². The van der Waals surface area contributed by atoms with Crippen LogP contribution in [0.15, 0.2) is 0 Å². The largest absolute Gasteiger partial charge is 0.307 e. The molecule has 0 aromatic carbocycles. The molecule has 0 spiro atoms. The molecule has 1 N–H and O–H groups in total. The van der Waals surface area contributed by atoms with Crippen molar-refractivity contribution >= 4 is 16.9 Å². The Morgan fingerprint density at radius 3 is 1.62 bits per heavy atom. The molecule has 4 nitrogen and oxygen atoms in total. The number of carbonyl (C=O) groups is 1. The lowest BCUT2D eigenvalue weighted by molar-refractivity contribution is -0.0979. The van der Waals surface area contributed by atoms with E-state index < -0.39 is 10.1 Å². The van der Waals surface area contributed by atoms with Crippen molar-refractivity contribution in [3.05, 3.63) is 0 Å². The maximum Gasteiger partial charge on any atom is 0.264 e. The summed E-state index contributed by atoms with van der Waals surface area (Å²) in [5, 5.41) is 0. The fourth-order valence-corrected chi connectivity index (χ4v) is 0. The van der Waals surface area contributed by atoms with Crippen molar-refractivity contribution in [2.75, 3.05) is 5.75 Å². The van der Waals surface area contributed by atoms with Crippen LogP contribution in [0.5, 0.6) is 0 Å². The van der Waals surface area contributed by atoms with E-state index in [1.807, 2.05) is 6.79 Å². The van der Waals surface area contributed by atoms with Crippen LogP contribution in [0.3, 0.4) is 0 Å². The van der Waals surface area contributed by atoms with Gasteiger partial charge in [0, 0.05) is 0 Å². The van der Waals surface area contributed by atoms with E-state index in [2.05, 4.69) is 0 Å². The van der Waals surface area contributed by atoms with E-state index in [4.69, 9.17) is 9.35 Å². The highest BCUT2D eigenvalue weighted by Gasteiger charge is 1.93. The lowest BCUT2D eigenvalue weighted by atomic mass is 11.0. The molecule has 0 saturated heterocycles. The molecule has 5 heteroatoms. The molecule has 0 aliphatic carbocycles. The second-order valence-corrected chi connectivity index (χ2v) is 2.61. The Hall–Kier alpha value is -0.420. The Bertz CT molecular complexity index is 124. The number of carbonyl (C=O) groups excluding carboxylic acids is 1. The monoisotopic (exact) mass is 140 g/mol. The van der Waals surface area contributed by atoms with E-state index in [0.717, 1.165) is 0 Å². The molecule has 0 fully saturated rings. The third-order valence-electron chi connectivity index (χ3n) is 0.365. The first-order chi connectivity index (χ1) is 3.56. The van der Waals surface area contributed by atoms with Gasteiger partial charge in [0.25, 0.3) is 10.1 Å². The lowest BCUT2D eigenvalue weighted by Crippen LogP contribution is -1.97. The zero-order valence-corrected chi connectivity index (χ0v) is 5.31. The third kappa shape index (κ3) is 17.6. The molecule has 0 unspecified atom stereocenters. The zero-order valence-electron chi connectivity index (χ0n) is 4.49. The smallest absolute Gasteiger partial charge is 0.264 e. The second-order valence-electron chi connectivity index (χ2n) is 0.871. The molecule has 0 bridgehead atoms. The van der Waals surface area contributed by atoms with Gasteiger partial charge < -0.3 is 4.79 Å². The highest BCUT2D eigenvalue weighted by molar-refractivity contribution is 7.85. The SMILES string of the molecule is C=O.CCS(=O)(=O)O. The maximum atomic E-state index is 9.56. The minimum Gasteiger partial charge on any atom is -0.307 e. The van der Waals surface area contributed by atoms with Gasteiger partial charge in [-0.15, -0.1) is 0 Å². The summed E-state index contributed by atoms with van der Waals surface area (Å²) in [5.41, 5.74) is 0. The first kappa shape index (κ1) is 10.5. The van der Waals surface area contributed by atoms with Crippen LogP contribution in [0.1, 0.15) is 6.92 Å². The Morgan fingerprint density at radius 1 is 1.50 bits per heavy atom. The van der Waals surface area contributed by atoms with Crippen molar-refractivity contribution in [1.29, 1.82) is 0 Å². The second kappa shape index (κ2) is 4.73. The Morgan fingerprint density at radius 2 is 1.62 bits per heavy atom. The molecule has 0 aromatic heterocycles. The predicted molar refractivity (Wildman–Crippen MR) is 29.2 cm³/mol. The minimum atomic E-state index is -3.66. The lowest BCUT2D eigenvalue weighted by Gasteiger charge is -1.79. The van der Waals surface area contributed by atoms with Crippen molar-refractivity contribution in [3.63, 3.8) is 0 Å². The Kier molecular flexibility index (Phi) is 6.23. The maximum absolute atomic E-state index is 9.56. The minimum absolute atomic E-state index is 0.201. The molecule has 0 aliphatic heterocycles. The van der Waals surface area contributed by atoms with Crippen LogP contribution < -0.4 is 0 Å². The normalized spacial score (nSPS) is 9.25. The highest BCUT2D eigenvalue weighted by atomic mass is 32.2. The predicted octanol–water partition coefficient (Wildman–Crippen LogP) is -0.291. The number of hydrogen-bond donors (Lipinski definition) is 1. The molecule has 0 saturated carbocycles. The summed E-state index contributed by atoms with van der Waals surface area (Å²) < 4.78 is 26.9. The molecule has 8 heavy (non-hydrogen) atoms. The highest BCUT2D eigenvalue weighted by Crippen LogP contribution is 1.74. The average molecular weight is 140 g/mol. The molecule has 0 aliphatic rings. The summed E-state index contributed by atoms with van der Waals surface area (Å²) in [6, 6.07) is 0. The Labute approximate surface area is 48.3 Å². The van der Waals surface area contributed by atoms with Crippen LogP contribution in [0.4, 0.5) is 0 Å². The molecule has 0 radical (unpaired) electrons. The van der Waals surface area contributed by atoms with Gasteiger partial charge in [-0.2, -0.15) is 8.42 Å². The van der Waals surface area contributed by atoms with Gasteiger partial charge in [-0.3, -0.25) is 4.55 Å². The topological polar surface area (TPSA) is 71.4 Å². The summed E-state index contributed by atoms with van der Waals surface area (Å²) in [4.78, 5) is 8.00.